The van der Waals surface area contributed by atoms with Gasteiger partial charge in [0.15, 0.2) is 0 Å². The Hall–Kier alpha value is -3.99. The first-order valence-electron chi connectivity index (χ1n) is 20.4. The number of nitrogens with two attached hydrogens (primary N) is 1. The number of imide groups is 1. The SMILES string of the molecule is CN1CCN(C(=O)CSC[C@H](O)[C@H](CC2CCCCC2)N(C(=O)[C@H](Cc2ccccc2)NC(=O)OC(C)(C)C)C(=O)[C@@H](N)Cc2cn(C(=O)OC(C)(C)C)cn2)CC1. The van der Waals surface area contributed by atoms with E-state index in [1.165, 1.54) is 24.3 Å². The molecule has 1 saturated heterocycles. The van der Waals surface area contributed by atoms with Gasteiger partial charge in [-0.2, -0.15) is 0 Å². The second-order valence-corrected chi connectivity index (χ2v) is 18.6. The predicted molar refractivity (Wildman–Crippen MR) is 223 cm³/mol. The second kappa shape index (κ2) is 21.3. The number of hydrogen-bond acceptors (Lipinski definition) is 12. The molecule has 2 aliphatic rings. The molecule has 4 atom stereocenters. The molecule has 1 aliphatic carbocycles. The van der Waals surface area contributed by atoms with Gasteiger partial charge in [0.1, 0.15) is 23.6 Å². The van der Waals surface area contributed by atoms with Gasteiger partial charge in [-0.1, -0.05) is 62.4 Å². The summed E-state index contributed by atoms with van der Waals surface area (Å²) in [5, 5.41) is 14.8. The standard InChI is InChI=1S/C42H65N7O8S/c1-41(2,3)56-39(54)45-33(22-29-14-10-8-11-15-29)38(53)49(37(52)32(43)24-31-25-48(28-44-31)40(55)57-42(4,5)6)34(23-30-16-12-9-13-17-30)35(50)26-58-27-36(51)47-20-18-46(7)19-21-47/h8,10-11,14-15,25,28,30,32-35,50H,9,12-13,16-24,26-27,43H2,1-7H3,(H,45,54)/t32-,33-,34-,35-/m0/s1. The van der Waals surface area contributed by atoms with Crippen LogP contribution in [0.25, 0.3) is 0 Å². The van der Waals surface area contributed by atoms with E-state index < -0.39 is 59.4 Å². The van der Waals surface area contributed by atoms with Gasteiger partial charge in [0.25, 0.3) is 5.91 Å². The molecule has 1 aromatic heterocycles. The lowest BCUT2D eigenvalue weighted by Crippen LogP contribution is -2.61. The zero-order valence-electron chi connectivity index (χ0n) is 35.4. The molecule has 0 radical (unpaired) electrons. The van der Waals surface area contributed by atoms with Crippen molar-refractivity contribution in [3.63, 3.8) is 0 Å². The Morgan fingerprint density at radius 3 is 2.19 bits per heavy atom. The average Bonchev–Trinajstić information content (AvgIpc) is 3.62. The van der Waals surface area contributed by atoms with Crippen molar-refractivity contribution in [1.29, 1.82) is 0 Å². The van der Waals surface area contributed by atoms with E-state index in [4.69, 9.17) is 15.2 Å². The van der Waals surface area contributed by atoms with Crippen molar-refractivity contribution < 1.29 is 38.6 Å². The Labute approximate surface area is 347 Å². The molecular weight excluding hydrogens is 763 g/mol. The van der Waals surface area contributed by atoms with Gasteiger partial charge >= 0.3 is 12.2 Å². The first kappa shape index (κ1) is 46.7. The van der Waals surface area contributed by atoms with Gasteiger partial charge in [-0.25, -0.2) is 19.1 Å². The van der Waals surface area contributed by atoms with Crippen molar-refractivity contribution in [2.75, 3.05) is 44.7 Å². The summed E-state index contributed by atoms with van der Waals surface area (Å²) >= 11 is 1.26. The summed E-state index contributed by atoms with van der Waals surface area (Å²) in [7, 11) is 2.02. The molecule has 0 unspecified atom stereocenters. The van der Waals surface area contributed by atoms with Crippen LogP contribution in [-0.2, 0) is 36.7 Å². The number of alkyl carbamates (subject to hydrolysis) is 1. The highest BCUT2D eigenvalue weighted by molar-refractivity contribution is 7.99. The minimum atomic E-state index is -1.32. The third-order valence-corrected chi connectivity index (χ3v) is 11.2. The fourth-order valence-corrected chi connectivity index (χ4v) is 8.14. The topological polar surface area (TPSA) is 190 Å². The van der Waals surface area contributed by atoms with Crippen LogP contribution in [-0.4, -0.2) is 139 Å². The lowest BCUT2D eigenvalue weighted by Gasteiger charge is -2.39. The van der Waals surface area contributed by atoms with Crippen molar-refractivity contribution in [2.24, 2.45) is 11.7 Å². The zero-order chi connectivity index (χ0) is 42.6. The van der Waals surface area contributed by atoms with E-state index in [1.54, 1.807) is 41.5 Å². The number of nitrogens with one attached hydrogen (secondary N) is 1. The van der Waals surface area contributed by atoms with Gasteiger partial charge < -0.3 is 35.4 Å². The van der Waals surface area contributed by atoms with Crippen LogP contribution < -0.4 is 11.1 Å². The molecule has 15 nitrogen and oxygen atoms in total. The predicted octanol–water partition coefficient (Wildman–Crippen LogP) is 4.23. The van der Waals surface area contributed by atoms with Crippen LogP contribution in [0.5, 0.6) is 0 Å². The smallest absolute Gasteiger partial charge is 0.419 e. The van der Waals surface area contributed by atoms with E-state index in [9.17, 15) is 24.3 Å². The minimum Gasteiger partial charge on any atom is -0.444 e. The van der Waals surface area contributed by atoms with Crippen LogP contribution in [0.1, 0.15) is 91.3 Å². The van der Waals surface area contributed by atoms with Gasteiger partial charge in [0.2, 0.25) is 11.8 Å². The normalized spacial score (nSPS) is 17.8. The maximum atomic E-state index is 15.1. The summed E-state index contributed by atoms with van der Waals surface area (Å²) in [4.78, 5) is 78.4. The number of aliphatic hydroxyl groups is 1. The number of carbonyl (C=O) groups is 5. The van der Waals surface area contributed by atoms with Crippen LogP contribution in [0.4, 0.5) is 9.59 Å². The summed E-state index contributed by atoms with van der Waals surface area (Å²) in [5.74, 6) is -1.22. The highest BCUT2D eigenvalue weighted by atomic mass is 32.2. The molecule has 1 aliphatic heterocycles. The molecule has 2 fully saturated rings. The van der Waals surface area contributed by atoms with Crippen molar-refractivity contribution >= 4 is 41.7 Å². The fraction of sp³-hybridized carbons (Fsp3) is 0.667. The largest absolute Gasteiger partial charge is 0.444 e. The summed E-state index contributed by atoms with van der Waals surface area (Å²) in [6.45, 7) is 13.2. The highest BCUT2D eigenvalue weighted by Gasteiger charge is 2.42. The number of amides is 4. The number of likely N-dealkylation sites (N-methyl/N-ethyl adjacent to an activating group) is 1. The number of carbonyl (C=O) groups excluding carboxylic acids is 5. The van der Waals surface area contributed by atoms with Crippen LogP contribution in [0, 0.1) is 5.92 Å². The van der Waals surface area contributed by atoms with Gasteiger partial charge in [-0.3, -0.25) is 19.3 Å². The second-order valence-electron chi connectivity index (χ2n) is 17.6. The van der Waals surface area contributed by atoms with Crippen LogP contribution in [0.2, 0.25) is 0 Å². The molecule has 16 heteroatoms. The lowest BCUT2D eigenvalue weighted by molar-refractivity contribution is -0.153. The number of imidazole rings is 1. The van der Waals surface area contributed by atoms with Crippen LogP contribution in [0.3, 0.4) is 0 Å². The van der Waals surface area contributed by atoms with Crippen molar-refractivity contribution in [1.82, 2.24) is 29.6 Å². The summed E-state index contributed by atoms with van der Waals surface area (Å²) in [5.41, 5.74) is 6.08. The molecule has 4 amide bonds. The number of benzene rings is 1. The molecule has 322 valence electrons. The highest BCUT2D eigenvalue weighted by Crippen LogP contribution is 2.31. The fourth-order valence-electron chi connectivity index (χ4n) is 7.20. The Bertz CT molecular complexity index is 1660. The number of aromatic nitrogens is 2. The van der Waals surface area contributed by atoms with Crippen molar-refractivity contribution in [3.05, 3.63) is 54.1 Å². The maximum absolute atomic E-state index is 15.1. The summed E-state index contributed by atoms with van der Waals surface area (Å²) < 4.78 is 12.2. The van der Waals surface area contributed by atoms with Gasteiger partial charge in [0.05, 0.1) is 29.6 Å². The molecule has 2 heterocycles. The van der Waals surface area contributed by atoms with E-state index >= 15 is 4.79 Å². The van der Waals surface area contributed by atoms with Crippen LogP contribution >= 0.6 is 11.8 Å². The maximum Gasteiger partial charge on any atom is 0.419 e. The molecule has 4 rings (SSSR count). The van der Waals surface area contributed by atoms with E-state index in [1.807, 2.05) is 42.3 Å². The van der Waals surface area contributed by atoms with Gasteiger partial charge in [-0.05, 0) is 66.5 Å². The zero-order valence-corrected chi connectivity index (χ0v) is 36.2. The number of hydrogen-bond donors (Lipinski definition) is 3. The van der Waals surface area contributed by atoms with Gasteiger partial charge in [0, 0.05) is 51.0 Å². The Morgan fingerprint density at radius 2 is 1.57 bits per heavy atom. The number of thioether (sulfide) groups is 1. The first-order chi connectivity index (χ1) is 27.3. The van der Waals surface area contributed by atoms with E-state index in [-0.39, 0.29) is 36.2 Å². The monoisotopic (exact) mass is 827 g/mol. The van der Waals surface area contributed by atoms with Crippen molar-refractivity contribution in [3.8, 4) is 0 Å². The molecule has 0 spiro atoms. The van der Waals surface area contributed by atoms with Crippen molar-refractivity contribution in [2.45, 2.75) is 128 Å². The third kappa shape index (κ3) is 15.0. The van der Waals surface area contributed by atoms with Gasteiger partial charge in [-0.15, -0.1) is 11.8 Å². The number of rotatable bonds is 15. The minimum absolute atomic E-state index is 0.0265. The Kier molecular flexibility index (Phi) is 17.2. The number of nitrogens with zero attached hydrogens (tertiary/aromatic N) is 5. The van der Waals surface area contributed by atoms with Crippen LogP contribution in [0.15, 0.2) is 42.9 Å². The van der Waals surface area contributed by atoms with E-state index in [2.05, 4.69) is 15.2 Å². The summed E-state index contributed by atoms with van der Waals surface area (Å²) in [6.07, 6.45) is 4.98. The molecule has 1 aromatic carbocycles. The quantitative estimate of drug-likeness (QED) is 0.232. The number of piperazine rings is 1. The third-order valence-electron chi connectivity index (χ3n) is 10.2. The summed E-state index contributed by atoms with van der Waals surface area (Å²) in [6, 6.07) is 5.48. The number of aliphatic hydroxyl groups excluding tert-OH is 1. The average molecular weight is 828 g/mol. The molecular formula is C42H65N7O8S. The lowest BCUT2D eigenvalue weighted by atomic mass is 9.83. The van der Waals surface area contributed by atoms with E-state index in [0.717, 1.165) is 60.2 Å². The molecule has 58 heavy (non-hydrogen) atoms. The Morgan fingerprint density at radius 1 is 0.931 bits per heavy atom. The molecule has 0 bridgehead atoms. The molecule has 2 aromatic rings. The van der Waals surface area contributed by atoms with E-state index in [0.29, 0.717) is 25.2 Å². The first-order valence-corrected chi connectivity index (χ1v) is 21.6. The Balaban J connectivity index is 1.68. The number of ether oxygens (including phenoxy) is 2. The molecule has 1 saturated carbocycles. The molecule has 4 N–H and O–H groups in total.